The molecule has 0 unspecified atom stereocenters. The van der Waals surface area contributed by atoms with Gasteiger partial charge in [-0.3, -0.25) is 0 Å². The lowest BCUT2D eigenvalue weighted by atomic mass is 9.87. The topological polar surface area (TPSA) is 0 Å². The summed E-state index contributed by atoms with van der Waals surface area (Å²) in [5.41, 5.74) is 2.65. The lowest BCUT2D eigenvalue weighted by Crippen LogP contribution is -2.10. The normalized spacial score (nSPS) is 11.9. The lowest BCUT2D eigenvalue weighted by molar-refractivity contribution is 0.590. The summed E-state index contributed by atoms with van der Waals surface area (Å²) in [7, 11) is 3.42. The van der Waals surface area contributed by atoms with E-state index in [0.29, 0.717) is 0 Å². The van der Waals surface area contributed by atoms with E-state index in [9.17, 15) is 0 Å². The molecule has 2 heteroatoms. The van der Waals surface area contributed by atoms with Crippen molar-refractivity contribution >= 4 is 21.6 Å². The van der Waals surface area contributed by atoms with Gasteiger partial charge in [0.1, 0.15) is 0 Å². The summed E-state index contributed by atoms with van der Waals surface area (Å²) in [5.74, 6) is 3.19. The zero-order valence-corrected chi connectivity index (χ0v) is 13.8. The number of rotatable bonds is 1. The van der Waals surface area contributed by atoms with Crippen LogP contribution in [0.4, 0.5) is 0 Å². The Bertz CT molecular complexity index is 433. The fourth-order valence-electron chi connectivity index (χ4n) is 1.28. The van der Waals surface area contributed by atoms with Gasteiger partial charge in [-0.25, -0.2) is 0 Å². The summed E-state index contributed by atoms with van der Waals surface area (Å²) in [6.07, 6.45) is 0. The molecule has 0 aliphatic heterocycles. The second kappa shape index (κ2) is 6.08. The summed E-state index contributed by atoms with van der Waals surface area (Å²) >= 11 is 0. The van der Waals surface area contributed by atoms with Crippen molar-refractivity contribution in [3.8, 4) is 11.2 Å². The van der Waals surface area contributed by atoms with Gasteiger partial charge >= 0.3 is 0 Å². The second-order valence-electron chi connectivity index (χ2n) is 6.33. The average Bonchev–Trinajstić information content (AvgIpc) is 2.22. The highest BCUT2D eigenvalue weighted by Crippen LogP contribution is 2.34. The molecule has 1 aromatic carbocycles. The maximum atomic E-state index is 3.19. The van der Waals surface area contributed by atoms with E-state index in [0.717, 1.165) is 5.56 Å². The van der Waals surface area contributed by atoms with Crippen LogP contribution in [0, 0.1) is 11.2 Å². The number of benzene rings is 1. The van der Waals surface area contributed by atoms with Gasteiger partial charge in [0, 0.05) is 10.3 Å². The molecule has 18 heavy (non-hydrogen) atoms. The maximum Gasteiger partial charge on any atom is 0.0254 e. The van der Waals surface area contributed by atoms with E-state index in [2.05, 4.69) is 77.0 Å². The molecule has 0 bridgehead atoms. The zero-order valence-electron chi connectivity index (χ0n) is 12.1. The van der Waals surface area contributed by atoms with Gasteiger partial charge in [-0.2, -0.15) is 0 Å². The standard InChI is InChI=1S/C16H22S2/c1-15(2,3)14-9-7-13(8-10-14)11-12-17-18-16(4,5)6/h7-10H,1-6H3. The Labute approximate surface area is 120 Å². The lowest BCUT2D eigenvalue weighted by Gasteiger charge is -2.18. The Hall–Kier alpha value is -0.520. The van der Waals surface area contributed by atoms with Gasteiger partial charge in [0.2, 0.25) is 0 Å². The van der Waals surface area contributed by atoms with Gasteiger partial charge in [0.25, 0.3) is 0 Å². The molecular weight excluding hydrogens is 256 g/mol. The fraction of sp³-hybridized carbons (Fsp3) is 0.500. The van der Waals surface area contributed by atoms with Crippen LogP contribution < -0.4 is 0 Å². The summed E-state index contributed by atoms with van der Waals surface area (Å²) in [6.45, 7) is 13.3. The van der Waals surface area contributed by atoms with Gasteiger partial charge in [-0.1, -0.05) is 70.4 Å². The van der Waals surface area contributed by atoms with Crippen molar-refractivity contribution in [3.63, 3.8) is 0 Å². The molecule has 0 amide bonds. The van der Waals surface area contributed by atoms with Crippen LogP contribution in [0.1, 0.15) is 52.7 Å². The Morgan fingerprint density at radius 3 is 1.89 bits per heavy atom. The molecule has 98 valence electrons. The van der Waals surface area contributed by atoms with E-state index in [1.807, 2.05) is 0 Å². The highest BCUT2D eigenvalue weighted by Gasteiger charge is 2.12. The molecule has 0 atom stereocenters. The first kappa shape index (κ1) is 15.5. The first-order valence-corrected chi connectivity index (χ1v) is 8.30. The first-order chi connectivity index (χ1) is 8.18. The Morgan fingerprint density at radius 2 is 1.44 bits per heavy atom. The van der Waals surface area contributed by atoms with E-state index in [1.165, 1.54) is 5.56 Å². The fourth-order valence-corrected chi connectivity index (χ4v) is 2.73. The molecule has 0 nitrogen and oxygen atoms in total. The smallest absolute Gasteiger partial charge is 0.0254 e. The van der Waals surface area contributed by atoms with Crippen molar-refractivity contribution in [2.45, 2.75) is 51.7 Å². The van der Waals surface area contributed by atoms with E-state index < -0.39 is 0 Å². The van der Waals surface area contributed by atoms with Gasteiger partial charge in [-0.15, -0.1) is 0 Å². The van der Waals surface area contributed by atoms with E-state index in [4.69, 9.17) is 0 Å². The molecule has 1 aromatic rings. The molecular formula is C16H22S2. The Kier molecular flexibility index (Phi) is 5.25. The zero-order chi connectivity index (χ0) is 13.8. The maximum absolute atomic E-state index is 3.19. The van der Waals surface area contributed by atoms with Crippen LogP contribution in [0.15, 0.2) is 24.3 Å². The van der Waals surface area contributed by atoms with Gasteiger partial charge in [0.05, 0.1) is 0 Å². The third kappa shape index (κ3) is 5.89. The van der Waals surface area contributed by atoms with Crippen molar-refractivity contribution in [2.75, 3.05) is 0 Å². The molecule has 0 aliphatic carbocycles. The average molecular weight is 278 g/mol. The predicted molar refractivity (Wildman–Crippen MR) is 87.0 cm³/mol. The molecule has 0 spiro atoms. The minimum atomic E-state index is 0.211. The SMILES string of the molecule is CC(C)(C)SSC#Cc1ccc(C(C)(C)C)cc1. The molecule has 0 saturated heterocycles. The van der Waals surface area contributed by atoms with Crippen LogP contribution in [0.2, 0.25) is 0 Å². The van der Waals surface area contributed by atoms with Crippen LogP contribution in [0.3, 0.4) is 0 Å². The largest absolute Gasteiger partial charge is 0.0745 e. The van der Waals surface area contributed by atoms with Gasteiger partial charge in [0.15, 0.2) is 0 Å². The first-order valence-electron chi connectivity index (χ1n) is 6.15. The highest BCUT2D eigenvalue weighted by atomic mass is 33.1. The molecule has 0 radical (unpaired) electrons. The molecule has 0 fully saturated rings. The highest BCUT2D eigenvalue weighted by molar-refractivity contribution is 8.79. The van der Waals surface area contributed by atoms with Crippen LogP contribution in [0.5, 0.6) is 0 Å². The van der Waals surface area contributed by atoms with E-state index >= 15 is 0 Å². The van der Waals surface area contributed by atoms with Crippen molar-refractivity contribution < 1.29 is 0 Å². The minimum absolute atomic E-state index is 0.211. The summed E-state index contributed by atoms with van der Waals surface area (Å²) in [5, 5.41) is 3.15. The molecule has 1 rings (SSSR count). The van der Waals surface area contributed by atoms with Gasteiger partial charge < -0.3 is 0 Å². The van der Waals surface area contributed by atoms with E-state index in [-0.39, 0.29) is 10.2 Å². The number of hydrogen-bond acceptors (Lipinski definition) is 2. The van der Waals surface area contributed by atoms with Crippen molar-refractivity contribution in [3.05, 3.63) is 35.4 Å². The second-order valence-corrected chi connectivity index (χ2v) is 9.10. The van der Waals surface area contributed by atoms with Crippen LogP contribution in [-0.4, -0.2) is 4.75 Å². The van der Waals surface area contributed by atoms with Crippen LogP contribution >= 0.6 is 21.6 Å². The third-order valence-corrected chi connectivity index (χ3v) is 5.05. The van der Waals surface area contributed by atoms with E-state index in [1.54, 1.807) is 21.6 Å². The Morgan fingerprint density at radius 1 is 0.889 bits per heavy atom. The summed E-state index contributed by atoms with van der Waals surface area (Å²) < 4.78 is 0.259. The molecule has 0 aromatic heterocycles. The number of hydrogen-bond donors (Lipinski definition) is 0. The third-order valence-electron chi connectivity index (χ3n) is 2.28. The van der Waals surface area contributed by atoms with Crippen LogP contribution in [-0.2, 0) is 5.41 Å². The van der Waals surface area contributed by atoms with Crippen molar-refractivity contribution in [1.82, 2.24) is 0 Å². The quantitative estimate of drug-likeness (QED) is 0.493. The molecule has 0 saturated carbocycles. The molecule has 0 N–H and O–H groups in total. The van der Waals surface area contributed by atoms with Crippen molar-refractivity contribution in [1.29, 1.82) is 0 Å². The molecule has 0 heterocycles. The van der Waals surface area contributed by atoms with Crippen molar-refractivity contribution in [2.24, 2.45) is 0 Å². The predicted octanol–water partition coefficient (Wildman–Crippen LogP) is 5.47. The minimum Gasteiger partial charge on any atom is -0.0745 e. The summed E-state index contributed by atoms with van der Waals surface area (Å²) in [6, 6.07) is 8.56. The molecule has 0 aliphatic rings. The Balaban J connectivity index is 2.62. The summed E-state index contributed by atoms with van der Waals surface area (Å²) in [4.78, 5) is 0. The monoisotopic (exact) mass is 278 g/mol. The van der Waals surface area contributed by atoms with Crippen LogP contribution in [0.25, 0.3) is 0 Å². The van der Waals surface area contributed by atoms with Gasteiger partial charge in [-0.05, 0) is 39.2 Å².